The van der Waals surface area contributed by atoms with Crippen LogP contribution in [0.3, 0.4) is 0 Å². The molecule has 22 heavy (non-hydrogen) atoms. The molecule has 6 nitrogen and oxygen atoms in total. The summed E-state index contributed by atoms with van der Waals surface area (Å²) in [6, 6.07) is 4.68. The smallest absolute Gasteiger partial charge is 0.332 e. The van der Waals surface area contributed by atoms with E-state index in [2.05, 4.69) is 0 Å². The number of benzene rings is 1. The third-order valence-electron chi connectivity index (χ3n) is 4.44. The minimum absolute atomic E-state index is 0.202. The zero-order valence-electron chi connectivity index (χ0n) is 12.2. The highest BCUT2D eigenvalue weighted by Gasteiger charge is 2.58. The molecule has 0 N–H and O–H groups in total. The van der Waals surface area contributed by atoms with Gasteiger partial charge in [0.1, 0.15) is 11.6 Å². The molecule has 1 unspecified atom stereocenters. The molecule has 7 heteroatoms. The molecule has 2 aliphatic rings. The molecule has 1 aromatic carbocycles. The van der Waals surface area contributed by atoms with Gasteiger partial charge in [-0.1, -0.05) is 11.6 Å². The van der Waals surface area contributed by atoms with Gasteiger partial charge in [0.05, 0.1) is 22.9 Å². The second kappa shape index (κ2) is 4.97. The van der Waals surface area contributed by atoms with E-state index in [1.807, 2.05) is 6.07 Å². The lowest BCUT2D eigenvalue weighted by atomic mass is 9.97. The van der Waals surface area contributed by atoms with Crippen LogP contribution in [0.1, 0.15) is 17.5 Å². The van der Waals surface area contributed by atoms with Crippen molar-refractivity contribution >= 4 is 29.2 Å². The standard InChI is InChI=1S/C15H14ClN3O3/c1-9-11(4-3-10(7-17)12(9)16)19-13(20)15(5-6-22-8-15)18(2)14(19)21/h3-4H,5-6,8H2,1-2H3. The lowest BCUT2D eigenvalue weighted by molar-refractivity contribution is -0.124. The molecule has 3 rings (SSSR count). The lowest BCUT2D eigenvalue weighted by Crippen LogP contribution is -2.48. The van der Waals surface area contributed by atoms with Crippen LogP contribution in [0.2, 0.25) is 5.02 Å². The second-order valence-corrected chi connectivity index (χ2v) is 5.88. The van der Waals surface area contributed by atoms with E-state index in [0.29, 0.717) is 29.8 Å². The average molecular weight is 320 g/mol. The zero-order chi connectivity index (χ0) is 16.1. The summed E-state index contributed by atoms with van der Waals surface area (Å²) in [7, 11) is 1.61. The van der Waals surface area contributed by atoms with E-state index in [1.165, 1.54) is 11.0 Å². The Morgan fingerprint density at radius 1 is 1.41 bits per heavy atom. The molecule has 3 amide bonds. The Hall–Kier alpha value is -2.10. The van der Waals surface area contributed by atoms with Gasteiger partial charge in [-0.05, 0) is 24.6 Å². The van der Waals surface area contributed by atoms with Crippen LogP contribution >= 0.6 is 11.6 Å². The van der Waals surface area contributed by atoms with Crippen LogP contribution in [0, 0.1) is 18.3 Å². The van der Waals surface area contributed by atoms with Gasteiger partial charge >= 0.3 is 6.03 Å². The molecule has 0 bridgehead atoms. The maximum atomic E-state index is 12.8. The first-order valence-corrected chi connectivity index (χ1v) is 7.21. The minimum Gasteiger partial charge on any atom is -0.378 e. The van der Waals surface area contributed by atoms with Gasteiger partial charge < -0.3 is 9.64 Å². The van der Waals surface area contributed by atoms with Crippen LogP contribution < -0.4 is 4.90 Å². The number of nitrogens with zero attached hydrogens (tertiary/aromatic N) is 3. The molecular weight excluding hydrogens is 306 g/mol. The number of anilines is 1. The number of halogens is 1. The van der Waals surface area contributed by atoms with Gasteiger partial charge in [-0.25, -0.2) is 9.69 Å². The van der Waals surface area contributed by atoms with Crippen molar-refractivity contribution in [2.75, 3.05) is 25.2 Å². The summed E-state index contributed by atoms with van der Waals surface area (Å²) in [6.07, 6.45) is 0.480. The molecule has 0 aromatic heterocycles. The summed E-state index contributed by atoms with van der Waals surface area (Å²) in [5.74, 6) is -0.304. The number of rotatable bonds is 1. The van der Waals surface area contributed by atoms with Gasteiger partial charge in [0.25, 0.3) is 5.91 Å². The molecule has 0 saturated carbocycles. The SMILES string of the molecule is Cc1c(N2C(=O)N(C)C3(CCOC3)C2=O)ccc(C#N)c1Cl. The number of likely N-dealkylation sites (N-methyl/N-ethyl adjacent to an activating group) is 1. The average Bonchev–Trinajstić information content (AvgIpc) is 3.06. The fraction of sp³-hybridized carbons (Fsp3) is 0.400. The molecule has 2 aliphatic heterocycles. The van der Waals surface area contributed by atoms with Crippen LogP contribution in [-0.4, -0.2) is 42.6 Å². The van der Waals surface area contributed by atoms with Crippen LogP contribution in [-0.2, 0) is 9.53 Å². The Kier molecular flexibility index (Phi) is 3.35. The highest BCUT2D eigenvalue weighted by atomic mass is 35.5. The van der Waals surface area contributed by atoms with E-state index in [4.69, 9.17) is 21.6 Å². The summed E-state index contributed by atoms with van der Waals surface area (Å²) in [4.78, 5) is 28.0. The first kappa shape index (κ1) is 14.8. The minimum atomic E-state index is -0.927. The number of carbonyl (C=O) groups is 2. The van der Waals surface area contributed by atoms with E-state index in [-0.39, 0.29) is 17.5 Å². The highest BCUT2D eigenvalue weighted by Crippen LogP contribution is 2.39. The molecule has 2 fully saturated rings. The first-order chi connectivity index (χ1) is 10.4. The number of nitriles is 1. The van der Waals surface area contributed by atoms with Gasteiger partial charge in [0, 0.05) is 20.1 Å². The maximum Gasteiger partial charge on any atom is 0.332 e. The summed E-state index contributed by atoms with van der Waals surface area (Å²) in [6.45, 7) is 2.34. The summed E-state index contributed by atoms with van der Waals surface area (Å²) in [5, 5.41) is 9.26. The Morgan fingerprint density at radius 2 is 2.14 bits per heavy atom. The highest BCUT2D eigenvalue weighted by molar-refractivity contribution is 6.33. The molecule has 114 valence electrons. The largest absolute Gasteiger partial charge is 0.378 e. The van der Waals surface area contributed by atoms with E-state index in [9.17, 15) is 9.59 Å². The topological polar surface area (TPSA) is 73.6 Å². The molecule has 1 spiro atoms. The van der Waals surface area contributed by atoms with Gasteiger partial charge in [-0.15, -0.1) is 0 Å². The predicted octanol–water partition coefficient (Wildman–Crippen LogP) is 2.08. The van der Waals surface area contributed by atoms with Crippen molar-refractivity contribution in [2.45, 2.75) is 18.9 Å². The maximum absolute atomic E-state index is 12.8. The van der Waals surface area contributed by atoms with Crippen molar-refractivity contribution in [3.63, 3.8) is 0 Å². The van der Waals surface area contributed by atoms with Gasteiger partial charge in [-0.3, -0.25) is 4.79 Å². The Morgan fingerprint density at radius 3 is 2.73 bits per heavy atom. The quantitative estimate of drug-likeness (QED) is 0.743. The van der Waals surface area contributed by atoms with Crippen molar-refractivity contribution < 1.29 is 14.3 Å². The lowest BCUT2D eigenvalue weighted by Gasteiger charge is -2.25. The zero-order valence-corrected chi connectivity index (χ0v) is 13.0. The molecular formula is C15H14ClN3O3. The molecule has 1 atom stereocenters. The fourth-order valence-electron chi connectivity index (χ4n) is 2.97. The fourth-order valence-corrected chi connectivity index (χ4v) is 3.18. The number of urea groups is 1. The molecule has 0 radical (unpaired) electrons. The Bertz CT molecular complexity index is 719. The van der Waals surface area contributed by atoms with Gasteiger partial charge in [0.2, 0.25) is 0 Å². The van der Waals surface area contributed by atoms with Gasteiger partial charge in [0.15, 0.2) is 0 Å². The number of hydrogen-bond donors (Lipinski definition) is 0. The molecule has 2 heterocycles. The second-order valence-electron chi connectivity index (χ2n) is 5.50. The third-order valence-corrected chi connectivity index (χ3v) is 4.93. The van der Waals surface area contributed by atoms with Crippen LogP contribution in [0.4, 0.5) is 10.5 Å². The van der Waals surface area contributed by atoms with Crippen molar-refractivity contribution in [3.8, 4) is 6.07 Å². The number of carbonyl (C=O) groups excluding carboxylic acids is 2. The Labute approximate surface area is 132 Å². The third kappa shape index (κ3) is 1.76. The van der Waals surface area contributed by atoms with Crippen LogP contribution in [0.5, 0.6) is 0 Å². The number of amides is 3. The van der Waals surface area contributed by atoms with E-state index < -0.39 is 11.6 Å². The van der Waals surface area contributed by atoms with Crippen molar-refractivity contribution in [1.29, 1.82) is 5.26 Å². The first-order valence-electron chi connectivity index (χ1n) is 6.83. The number of imide groups is 1. The van der Waals surface area contributed by atoms with Gasteiger partial charge in [-0.2, -0.15) is 5.26 Å². The predicted molar refractivity (Wildman–Crippen MR) is 79.7 cm³/mol. The van der Waals surface area contributed by atoms with Crippen LogP contribution in [0.15, 0.2) is 12.1 Å². The summed E-state index contributed by atoms with van der Waals surface area (Å²) >= 11 is 6.15. The van der Waals surface area contributed by atoms with Crippen molar-refractivity contribution in [1.82, 2.24) is 4.90 Å². The van der Waals surface area contributed by atoms with E-state index in [1.54, 1.807) is 20.0 Å². The van der Waals surface area contributed by atoms with Crippen LogP contribution in [0.25, 0.3) is 0 Å². The number of hydrogen-bond acceptors (Lipinski definition) is 4. The van der Waals surface area contributed by atoms with E-state index in [0.717, 1.165) is 4.90 Å². The summed E-state index contributed by atoms with van der Waals surface area (Å²) < 4.78 is 5.34. The van der Waals surface area contributed by atoms with E-state index >= 15 is 0 Å². The normalized spacial score (nSPS) is 24.5. The molecule has 2 saturated heterocycles. The van der Waals surface area contributed by atoms with Crippen molar-refractivity contribution in [3.05, 3.63) is 28.3 Å². The monoisotopic (exact) mass is 319 g/mol. The summed E-state index contributed by atoms with van der Waals surface area (Å²) in [5.41, 5.74) is 0.333. The van der Waals surface area contributed by atoms with Crippen molar-refractivity contribution in [2.24, 2.45) is 0 Å². The molecule has 0 aliphatic carbocycles. The molecule has 1 aromatic rings. The Balaban J connectivity index is 2.10. The number of ether oxygens (including phenoxy) is 1.